The molecule has 0 unspecified atom stereocenters. The average molecular weight is 382 g/mol. The second-order valence-corrected chi connectivity index (χ2v) is 9.34. The summed E-state index contributed by atoms with van der Waals surface area (Å²) in [6, 6.07) is 0. The second-order valence-electron chi connectivity index (χ2n) is 8.94. The second kappa shape index (κ2) is 5.28. The Kier molecular flexibility index (Phi) is 3.73. The third-order valence-electron chi connectivity index (χ3n) is 8.16. The van der Waals surface area contributed by atoms with Gasteiger partial charge >= 0.3 is 0 Å². The molecule has 0 saturated heterocycles. The molecule has 4 rings (SSSR count). The molecular weight excluding hydrogens is 358 g/mol. The Morgan fingerprint density at radius 3 is 2.62 bits per heavy atom. The number of hydrogen-bond donors (Lipinski definition) is 2. The Morgan fingerprint density at radius 2 is 1.96 bits per heavy atom. The molecule has 0 bridgehead atoms. The molecule has 6 heteroatoms. The summed E-state index contributed by atoms with van der Waals surface area (Å²) < 4.78 is 31.6. The fourth-order valence-electron chi connectivity index (χ4n) is 6.45. The maximum Gasteiger partial charge on any atom is 0.218 e. The molecule has 0 amide bonds. The predicted molar refractivity (Wildman–Crippen MR) is 96.2 cm³/mol. The van der Waals surface area contributed by atoms with Gasteiger partial charge in [-0.25, -0.2) is 8.78 Å². The van der Waals surface area contributed by atoms with Crippen molar-refractivity contribution in [2.24, 2.45) is 22.7 Å². The molecule has 3 nitrogen and oxygen atoms in total. The molecule has 0 aromatic rings. The summed E-state index contributed by atoms with van der Waals surface area (Å²) in [7, 11) is 0. The monoisotopic (exact) mass is 382 g/mol. The molecule has 3 saturated carbocycles. The summed E-state index contributed by atoms with van der Waals surface area (Å²) in [6.45, 7) is 3.49. The SMILES string of the molecule is C[C@]12C=CC(=O)C=C1[C@@H](F)C[C@H]1[C@@H]3CC[C@](O)(C(=O)S)[C@@]3(C)CC[C@@]12F. The smallest absolute Gasteiger partial charge is 0.218 e. The molecule has 1 N–H and O–H groups in total. The zero-order valence-corrected chi connectivity index (χ0v) is 15.9. The molecule has 0 aliphatic heterocycles. The van der Waals surface area contributed by atoms with E-state index in [9.17, 15) is 14.7 Å². The number of thiol groups is 1. The number of rotatable bonds is 1. The number of carbonyl (C=O) groups is 2. The Hall–Kier alpha value is -1.01. The van der Waals surface area contributed by atoms with Crippen LogP contribution >= 0.6 is 12.6 Å². The molecular formula is C20H24F2O3S. The van der Waals surface area contributed by atoms with Crippen LogP contribution < -0.4 is 0 Å². The number of ketones is 1. The molecule has 26 heavy (non-hydrogen) atoms. The van der Waals surface area contributed by atoms with E-state index in [4.69, 9.17) is 0 Å². The Balaban J connectivity index is 1.81. The van der Waals surface area contributed by atoms with Crippen LogP contribution in [0.15, 0.2) is 23.8 Å². The van der Waals surface area contributed by atoms with E-state index in [1.54, 1.807) is 6.92 Å². The average Bonchev–Trinajstić information content (AvgIpc) is 2.85. The van der Waals surface area contributed by atoms with E-state index >= 15 is 8.78 Å². The molecule has 142 valence electrons. The number of alkyl halides is 2. The van der Waals surface area contributed by atoms with Gasteiger partial charge in [0.05, 0.1) is 0 Å². The number of aliphatic hydroxyl groups is 1. The van der Waals surface area contributed by atoms with Gasteiger partial charge in [0.1, 0.15) is 17.4 Å². The number of carbonyl (C=O) groups excluding carboxylic acids is 2. The van der Waals surface area contributed by atoms with Gasteiger partial charge in [-0.3, -0.25) is 9.59 Å². The van der Waals surface area contributed by atoms with Gasteiger partial charge in [-0.05, 0) is 62.7 Å². The van der Waals surface area contributed by atoms with Crippen LogP contribution in [0.1, 0.15) is 46.0 Å². The van der Waals surface area contributed by atoms with Gasteiger partial charge in [0.15, 0.2) is 5.78 Å². The van der Waals surface area contributed by atoms with Gasteiger partial charge in [0.2, 0.25) is 5.12 Å². The topological polar surface area (TPSA) is 54.4 Å². The van der Waals surface area contributed by atoms with E-state index in [2.05, 4.69) is 12.6 Å². The van der Waals surface area contributed by atoms with Crippen LogP contribution in [0.4, 0.5) is 8.78 Å². The molecule has 3 fully saturated rings. The van der Waals surface area contributed by atoms with Crippen LogP contribution in [-0.2, 0) is 9.59 Å². The van der Waals surface area contributed by atoms with Crippen molar-refractivity contribution < 1.29 is 23.5 Å². The Labute approximate surface area is 157 Å². The molecule has 0 aromatic heterocycles. The van der Waals surface area contributed by atoms with E-state index < -0.39 is 39.3 Å². The quantitative estimate of drug-likeness (QED) is 0.683. The third kappa shape index (κ3) is 1.93. The summed E-state index contributed by atoms with van der Waals surface area (Å²) in [6.07, 6.45) is 3.84. The Morgan fingerprint density at radius 1 is 1.27 bits per heavy atom. The number of halogens is 2. The van der Waals surface area contributed by atoms with Crippen molar-refractivity contribution >= 4 is 23.5 Å². The van der Waals surface area contributed by atoms with E-state index in [0.717, 1.165) is 0 Å². The minimum Gasteiger partial charge on any atom is -0.381 e. The van der Waals surface area contributed by atoms with E-state index in [1.165, 1.54) is 18.2 Å². The van der Waals surface area contributed by atoms with Crippen molar-refractivity contribution in [3.8, 4) is 0 Å². The predicted octanol–water partition coefficient (Wildman–Crippen LogP) is 3.52. The molecule has 7 atom stereocenters. The minimum atomic E-state index is -1.70. The fourth-order valence-corrected chi connectivity index (χ4v) is 6.81. The molecule has 4 aliphatic rings. The lowest BCUT2D eigenvalue weighted by molar-refractivity contribution is -0.174. The molecule has 0 radical (unpaired) electrons. The summed E-state index contributed by atoms with van der Waals surface area (Å²) in [5, 5.41) is 10.4. The fraction of sp³-hybridized carbons (Fsp3) is 0.700. The van der Waals surface area contributed by atoms with Crippen molar-refractivity contribution in [2.45, 2.75) is 63.4 Å². The van der Waals surface area contributed by atoms with Crippen LogP contribution in [-0.4, -0.2) is 33.4 Å². The zero-order valence-electron chi connectivity index (χ0n) is 15.0. The van der Waals surface area contributed by atoms with E-state index in [1.807, 2.05) is 6.92 Å². The maximum atomic E-state index is 16.5. The first kappa shape index (κ1) is 18.4. The van der Waals surface area contributed by atoms with Crippen LogP contribution in [0.3, 0.4) is 0 Å². The molecule has 4 aliphatic carbocycles. The highest BCUT2D eigenvalue weighted by molar-refractivity contribution is 7.96. The first-order valence-electron chi connectivity index (χ1n) is 9.24. The van der Waals surface area contributed by atoms with Gasteiger partial charge in [0, 0.05) is 16.7 Å². The third-order valence-corrected chi connectivity index (χ3v) is 8.53. The van der Waals surface area contributed by atoms with Crippen molar-refractivity contribution in [2.75, 3.05) is 0 Å². The van der Waals surface area contributed by atoms with Crippen molar-refractivity contribution in [1.82, 2.24) is 0 Å². The number of fused-ring (bicyclic) bond motifs is 5. The highest BCUT2D eigenvalue weighted by Gasteiger charge is 2.72. The summed E-state index contributed by atoms with van der Waals surface area (Å²) in [5.41, 5.74) is -5.05. The lowest BCUT2D eigenvalue weighted by Crippen LogP contribution is -2.64. The van der Waals surface area contributed by atoms with Crippen molar-refractivity contribution in [1.29, 1.82) is 0 Å². The minimum absolute atomic E-state index is 0.0177. The summed E-state index contributed by atoms with van der Waals surface area (Å²) in [5.74, 6) is -1.22. The van der Waals surface area contributed by atoms with Crippen molar-refractivity contribution in [3.63, 3.8) is 0 Å². The zero-order chi connectivity index (χ0) is 19.1. The van der Waals surface area contributed by atoms with Gasteiger partial charge in [0.25, 0.3) is 0 Å². The highest BCUT2D eigenvalue weighted by Crippen LogP contribution is 2.70. The summed E-state index contributed by atoms with van der Waals surface area (Å²) >= 11 is 3.89. The molecule has 0 heterocycles. The first-order chi connectivity index (χ1) is 12.0. The van der Waals surface area contributed by atoms with Crippen molar-refractivity contribution in [3.05, 3.63) is 23.8 Å². The molecule has 0 aromatic carbocycles. The lowest BCUT2D eigenvalue weighted by Gasteiger charge is -2.61. The van der Waals surface area contributed by atoms with Crippen LogP contribution in [0.2, 0.25) is 0 Å². The number of hydrogen-bond acceptors (Lipinski definition) is 3. The maximum absolute atomic E-state index is 16.5. The lowest BCUT2D eigenvalue weighted by atomic mass is 9.45. The van der Waals surface area contributed by atoms with Gasteiger partial charge in [-0.1, -0.05) is 13.0 Å². The summed E-state index contributed by atoms with van der Waals surface area (Å²) in [4.78, 5) is 23.8. The Bertz CT molecular complexity index is 764. The highest BCUT2D eigenvalue weighted by atomic mass is 32.1. The molecule has 0 spiro atoms. The van der Waals surface area contributed by atoms with Crippen LogP contribution in [0.25, 0.3) is 0 Å². The van der Waals surface area contributed by atoms with E-state index in [0.29, 0.717) is 12.8 Å². The first-order valence-corrected chi connectivity index (χ1v) is 9.68. The van der Waals surface area contributed by atoms with Gasteiger partial charge < -0.3 is 5.11 Å². The normalized spacial score (nSPS) is 52.8. The van der Waals surface area contributed by atoms with E-state index in [-0.39, 0.29) is 36.5 Å². The largest absolute Gasteiger partial charge is 0.381 e. The van der Waals surface area contributed by atoms with Crippen LogP contribution in [0.5, 0.6) is 0 Å². The standard InChI is InChI=1S/C20H24F2O3S/c1-17-5-3-11(23)9-14(17)15(21)10-13-12-4-6-20(25,16(24)26)18(12,2)7-8-19(13,17)22/h3,5,9,12-13,15,25H,4,6-8,10H2,1-2H3,(H,24,26)/t12-,13-,15-,17-,18-,19+,20-/m0/s1. The number of allylic oxidation sites excluding steroid dienone is 4. The van der Waals surface area contributed by atoms with Crippen LogP contribution in [0, 0.1) is 22.7 Å². The van der Waals surface area contributed by atoms with Gasteiger partial charge in [-0.15, -0.1) is 12.6 Å². The van der Waals surface area contributed by atoms with Gasteiger partial charge in [-0.2, -0.15) is 0 Å².